The Labute approximate surface area is 284 Å². The van der Waals surface area contributed by atoms with Gasteiger partial charge in [0.2, 0.25) is 0 Å². The summed E-state index contributed by atoms with van der Waals surface area (Å²) in [4.78, 5) is 66.6. The number of fused-ring (bicyclic) bond motifs is 1. The summed E-state index contributed by atoms with van der Waals surface area (Å²) in [5.41, 5.74) is -1.29. The molecule has 1 amide bonds. The third-order valence-electron chi connectivity index (χ3n) is 6.58. The minimum Gasteiger partial charge on any atom is -0.480 e. The molecule has 3 N–H and O–H groups in total. The molecule has 2 aromatic heterocycles. The summed E-state index contributed by atoms with van der Waals surface area (Å²) < 4.78 is 48.7. The SMILES string of the molecule is CN1C(=O)C(=c2s/c(=c3/sc(=CC(F)=C4Sc5ccccc5N4CCCS(=O)(=O)O)c(=O)n3CC(=O)O)c(=O)n2CC(=O)O)SC1=S. The summed E-state index contributed by atoms with van der Waals surface area (Å²) in [7, 11) is -2.87. The van der Waals surface area contributed by atoms with Crippen molar-refractivity contribution >= 4 is 107 Å². The molecule has 1 aromatic carbocycles. The van der Waals surface area contributed by atoms with Gasteiger partial charge in [-0.3, -0.25) is 42.6 Å². The Bertz CT molecular complexity index is 2360. The summed E-state index contributed by atoms with van der Waals surface area (Å²) in [6.45, 7) is -1.77. The van der Waals surface area contributed by atoms with Gasteiger partial charge in [0.25, 0.3) is 27.1 Å². The highest BCUT2D eigenvalue weighted by atomic mass is 32.2. The van der Waals surface area contributed by atoms with Crippen LogP contribution in [0.1, 0.15) is 6.42 Å². The van der Waals surface area contributed by atoms with Gasteiger partial charge in [0.1, 0.15) is 41.2 Å². The Morgan fingerprint density at radius 2 is 1.62 bits per heavy atom. The highest BCUT2D eigenvalue weighted by Gasteiger charge is 2.32. The molecule has 4 heterocycles. The number of allylic oxidation sites excluding steroid dienone is 1. The molecule has 5 rings (SSSR count). The van der Waals surface area contributed by atoms with Crippen LogP contribution in [0.25, 0.3) is 11.0 Å². The summed E-state index contributed by atoms with van der Waals surface area (Å²) in [6.07, 6.45) is 0.824. The number of nitrogens with zero attached hydrogens (tertiary/aromatic N) is 4. The molecule has 0 saturated carbocycles. The van der Waals surface area contributed by atoms with Crippen molar-refractivity contribution < 1.29 is 42.0 Å². The lowest BCUT2D eigenvalue weighted by molar-refractivity contribution is -0.138. The van der Waals surface area contributed by atoms with E-state index in [1.807, 2.05) is 0 Å². The predicted octanol–water partition coefficient (Wildman–Crippen LogP) is 0.997. The van der Waals surface area contributed by atoms with Crippen molar-refractivity contribution in [2.45, 2.75) is 24.4 Å². The fraction of sp³-hybridized carbons (Fsp3) is 0.231. The molecule has 14 nitrogen and oxygen atoms in total. The first-order valence-electron chi connectivity index (χ1n) is 13.1. The third kappa shape index (κ3) is 7.15. The van der Waals surface area contributed by atoms with Gasteiger partial charge in [-0.1, -0.05) is 47.9 Å². The van der Waals surface area contributed by atoms with E-state index in [0.717, 1.165) is 43.6 Å². The Balaban J connectivity index is 1.76. The summed E-state index contributed by atoms with van der Waals surface area (Å²) >= 11 is 8.30. The Hall–Kier alpha value is -3.60. The van der Waals surface area contributed by atoms with E-state index in [-0.39, 0.29) is 45.6 Å². The molecule has 21 heteroatoms. The van der Waals surface area contributed by atoms with Gasteiger partial charge in [0.05, 0.1) is 16.0 Å². The van der Waals surface area contributed by atoms with Gasteiger partial charge in [-0.05, 0) is 24.6 Å². The maximum atomic E-state index is 16.0. The first-order valence-corrected chi connectivity index (χ1v) is 18.4. The number of aliphatic carboxylic acids is 2. The lowest BCUT2D eigenvalue weighted by Crippen LogP contribution is -2.32. The van der Waals surface area contributed by atoms with Crippen LogP contribution < -0.4 is 25.2 Å². The molecular weight excluding hydrogens is 740 g/mol. The van der Waals surface area contributed by atoms with E-state index >= 15 is 4.39 Å². The van der Waals surface area contributed by atoms with Gasteiger partial charge in [-0.15, -0.1) is 22.7 Å². The number of thiazole rings is 2. The Morgan fingerprint density at radius 3 is 2.21 bits per heavy atom. The van der Waals surface area contributed by atoms with Gasteiger partial charge in [-0.25, -0.2) is 4.39 Å². The van der Waals surface area contributed by atoms with Crippen LogP contribution in [0.4, 0.5) is 10.1 Å². The third-order valence-corrected chi connectivity index (χ3v) is 12.7. The highest BCUT2D eigenvalue weighted by molar-refractivity contribution is 8.30. The zero-order valence-corrected chi connectivity index (χ0v) is 28.6. The smallest absolute Gasteiger partial charge is 0.323 e. The van der Waals surface area contributed by atoms with Crippen molar-refractivity contribution in [3.8, 4) is 0 Å². The second kappa shape index (κ2) is 13.5. The summed E-state index contributed by atoms with van der Waals surface area (Å²) in [5, 5.41) is 19.1. The number of amides is 1. The normalized spacial score (nSPS) is 18.3. The molecule has 248 valence electrons. The minimum atomic E-state index is -4.28. The van der Waals surface area contributed by atoms with Gasteiger partial charge in [-0.2, -0.15) is 8.42 Å². The van der Waals surface area contributed by atoms with Crippen molar-refractivity contribution in [2.75, 3.05) is 24.2 Å². The van der Waals surface area contributed by atoms with E-state index in [9.17, 15) is 42.6 Å². The van der Waals surface area contributed by atoms with Gasteiger partial charge < -0.3 is 15.1 Å². The van der Waals surface area contributed by atoms with Crippen molar-refractivity contribution in [1.29, 1.82) is 0 Å². The molecule has 0 atom stereocenters. The number of rotatable bonds is 9. The molecule has 1 fully saturated rings. The molecule has 2 aliphatic rings. The molecule has 0 radical (unpaired) electrons. The summed E-state index contributed by atoms with van der Waals surface area (Å²) in [6, 6.07) is 6.82. The van der Waals surface area contributed by atoms with Crippen LogP contribution in [0.15, 0.2) is 49.6 Å². The number of thiocarbonyl (C=S) groups is 1. The van der Waals surface area contributed by atoms with Crippen LogP contribution >= 0.6 is 58.4 Å². The van der Waals surface area contributed by atoms with E-state index < -0.39 is 63.8 Å². The molecule has 0 aliphatic carbocycles. The molecule has 0 unspecified atom stereocenters. The molecule has 2 aliphatic heterocycles. The fourth-order valence-corrected chi connectivity index (χ4v) is 9.82. The predicted molar refractivity (Wildman–Crippen MR) is 179 cm³/mol. The molecule has 0 spiro atoms. The van der Waals surface area contributed by atoms with Crippen molar-refractivity contribution in [3.63, 3.8) is 0 Å². The zero-order valence-electron chi connectivity index (χ0n) is 23.7. The lowest BCUT2D eigenvalue weighted by atomic mass is 10.3. The van der Waals surface area contributed by atoms with E-state index in [0.29, 0.717) is 33.3 Å². The van der Waals surface area contributed by atoms with Gasteiger partial charge in [0.15, 0.2) is 5.83 Å². The van der Waals surface area contributed by atoms with Crippen molar-refractivity contribution in [1.82, 2.24) is 14.0 Å². The van der Waals surface area contributed by atoms with Crippen LogP contribution in [-0.2, 0) is 37.6 Å². The number of benzene rings is 1. The average molecular weight is 761 g/mol. The number of carbonyl (C=O) groups is 3. The fourth-order valence-electron chi connectivity index (χ4n) is 4.55. The van der Waals surface area contributed by atoms with Gasteiger partial charge >= 0.3 is 11.9 Å². The maximum absolute atomic E-state index is 16.0. The average Bonchev–Trinajstić information content (AvgIpc) is 3.68. The number of hydrogen-bond donors (Lipinski definition) is 3. The topological polar surface area (TPSA) is 197 Å². The molecule has 47 heavy (non-hydrogen) atoms. The molecular formula is C26H21FN4O10S6. The molecule has 1 saturated heterocycles. The number of aromatic nitrogens is 2. The van der Waals surface area contributed by atoms with Gasteiger partial charge in [0, 0.05) is 18.5 Å². The summed E-state index contributed by atoms with van der Waals surface area (Å²) in [5.74, 6) is -4.93. The van der Waals surface area contributed by atoms with Crippen LogP contribution in [0, 0.1) is 9.20 Å². The standard InChI is InChI=1S/C26H21FN4O10S6/c1-28-21(37)18(46-26(28)42)25-31(11-17(34)35)22(38)19(45-25)24-30(10-16(32)33)20(36)15(44-24)9-12(27)23-29(7-4-8-47(39,40)41)13-5-2-3-6-14(13)43-23/h2-3,5-6,9H,4,7-8,10-11H2,1H3,(H,32,33)(H,34,35)(H,39,40,41)/b15-9?,23-12?,24-19+,25-18?. The number of carboxylic acids is 2. The van der Waals surface area contributed by atoms with E-state index in [2.05, 4.69) is 0 Å². The first kappa shape index (κ1) is 34.7. The number of carbonyl (C=O) groups excluding carboxylic acids is 1. The van der Waals surface area contributed by atoms with Crippen LogP contribution in [-0.4, -0.2) is 78.7 Å². The number of carboxylic acid groups (broad SMARTS) is 2. The second-order valence-corrected chi connectivity index (χ2v) is 16.1. The maximum Gasteiger partial charge on any atom is 0.323 e. The zero-order chi connectivity index (χ0) is 34.4. The molecule has 0 bridgehead atoms. The number of thioether (sulfide) groups is 2. The van der Waals surface area contributed by atoms with E-state index in [1.165, 1.54) is 11.9 Å². The monoisotopic (exact) mass is 760 g/mol. The Kier molecular flexibility index (Phi) is 9.97. The number of halogens is 1. The van der Waals surface area contributed by atoms with Crippen molar-refractivity contribution in [2.24, 2.45) is 0 Å². The molecule has 3 aromatic rings. The van der Waals surface area contributed by atoms with Crippen LogP contribution in [0.3, 0.4) is 0 Å². The second-order valence-electron chi connectivity index (χ2n) is 9.80. The van der Waals surface area contributed by atoms with Crippen molar-refractivity contribution in [3.05, 3.63) is 74.2 Å². The number of anilines is 1. The van der Waals surface area contributed by atoms with Crippen LogP contribution in [0.2, 0.25) is 0 Å². The lowest BCUT2D eigenvalue weighted by Gasteiger charge is -2.20. The minimum absolute atomic E-state index is 0.00534. The van der Waals surface area contributed by atoms with E-state index in [4.69, 9.17) is 16.8 Å². The Morgan fingerprint density at radius 1 is 0.979 bits per heavy atom. The number of hydrogen-bond acceptors (Lipinski definition) is 13. The number of para-hydroxylation sites is 1. The van der Waals surface area contributed by atoms with E-state index in [1.54, 1.807) is 24.3 Å². The largest absolute Gasteiger partial charge is 0.480 e. The highest BCUT2D eigenvalue weighted by Crippen LogP contribution is 2.47. The quantitative estimate of drug-likeness (QED) is 0.206. The first-order chi connectivity index (χ1) is 22.1. The van der Waals surface area contributed by atoms with Crippen LogP contribution in [0.5, 0.6) is 0 Å².